The lowest BCUT2D eigenvalue weighted by Crippen LogP contribution is -2.32. The van der Waals surface area contributed by atoms with Gasteiger partial charge in [0.1, 0.15) is 11.5 Å². The number of halogens is 1. The van der Waals surface area contributed by atoms with Gasteiger partial charge in [-0.1, -0.05) is 16.8 Å². The largest absolute Gasteiger partial charge is 0.495 e. The first-order chi connectivity index (χ1) is 12.4. The Kier molecular flexibility index (Phi) is 6.99. The second-order valence-electron chi connectivity index (χ2n) is 5.75. The topological polar surface area (TPSA) is 96.7 Å². The molecule has 0 saturated carbocycles. The van der Waals surface area contributed by atoms with Gasteiger partial charge in [0.15, 0.2) is 5.82 Å². The van der Waals surface area contributed by atoms with Crippen LogP contribution in [0.5, 0.6) is 5.75 Å². The fourth-order valence-electron chi connectivity index (χ4n) is 2.21. The summed E-state index contributed by atoms with van der Waals surface area (Å²) >= 11 is 5.94. The third-order valence-electron chi connectivity index (χ3n) is 3.47. The molecular formula is C17H21ClN4O4. The summed E-state index contributed by atoms with van der Waals surface area (Å²) < 4.78 is 10.1. The van der Waals surface area contributed by atoms with Gasteiger partial charge >= 0.3 is 0 Å². The molecule has 2 aromatic rings. The smallest absolute Gasteiger partial charge is 0.238 e. The SMILES string of the molecule is COc1ccc(Cl)cc1NC(=O)CN(C)CCC(=O)Nc1cc(C)on1. The first-order valence-corrected chi connectivity index (χ1v) is 8.30. The number of nitrogens with one attached hydrogen (secondary N) is 2. The lowest BCUT2D eigenvalue weighted by atomic mass is 10.3. The van der Waals surface area contributed by atoms with Crippen LogP contribution in [0.1, 0.15) is 12.2 Å². The number of rotatable bonds is 8. The summed E-state index contributed by atoms with van der Waals surface area (Å²) in [6, 6.07) is 6.60. The van der Waals surface area contributed by atoms with Crippen LogP contribution < -0.4 is 15.4 Å². The maximum absolute atomic E-state index is 12.2. The molecule has 2 N–H and O–H groups in total. The summed E-state index contributed by atoms with van der Waals surface area (Å²) in [7, 11) is 3.27. The van der Waals surface area contributed by atoms with Crippen molar-refractivity contribution in [3.8, 4) is 5.75 Å². The second-order valence-corrected chi connectivity index (χ2v) is 6.19. The first-order valence-electron chi connectivity index (χ1n) is 7.92. The molecule has 1 aromatic heterocycles. The molecule has 0 aliphatic carbocycles. The molecule has 1 heterocycles. The lowest BCUT2D eigenvalue weighted by molar-refractivity contribution is -0.119. The molecule has 8 nitrogen and oxygen atoms in total. The number of hydrogen-bond acceptors (Lipinski definition) is 6. The highest BCUT2D eigenvalue weighted by Gasteiger charge is 2.12. The van der Waals surface area contributed by atoms with Gasteiger partial charge in [-0.05, 0) is 32.2 Å². The molecule has 9 heteroatoms. The van der Waals surface area contributed by atoms with E-state index in [1.54, 1.807) is 43.1 Å². The van der Waals surface area contributed by atoms with Crippen molar-refractivity contribution in [1.29, 1.82) is 0 Å². The van der Waals surface area contributed by atoms with Crippen molar-refractivity contribution in [2.45, 2.75) is 13.3 Å². The van der Waals surface area contributed by atoms with Gasteiger partial charge in [-0.15, -0.1) is 0 Å². The van der Waals surface area contributed by atoms with E-state index in [2.05, 4.69) is 15.8 Å². The van der Waals surface area contributed by atoms with E-state index in [-0.39, 0.29) is 24.8 Å². The Bertz CT molecular complexity index is 778. The summed E-state index contributed by atoms with van der Waals surface area (Å²) in [6.45, 7) is 2.26. The van der Waals surface area contributed by atoms with Gasteiger partial charge in [-0.2, -0.15) is 0 Å². The van der Waals surface area contributed by atoms with Crippen LogP contribution >= 0.6 is 11.6 Å². The number of aromatic nitrogens is 1. The molecular weight excluding hydrogens is 360 g/mol. The maximum Gasteiger partial charge on any atom is 0.238 e. The van der Waals surface area contributed by atoms with Crippen LogP contribution in [0.4, 0.5) is 11.5 Å². The number of anilines is 2. The van der Waals surface area contributed by atoms with Crippen molar-refractivity contribution in [3.63, 3.8) is 0 Å². The molecule has 0 aliphatic heterocycles. The van der Waals surface area contributed by atoms with Crippen molar-refractivity contribution < 1.29 is 18.8 Å². The van der Waals surface area contributed by atoms with Gasteiger partial charge < -0.3 is 19.9 Å². The van der Waals surface area contributed by atoms with Crippen LogP contribution in [0.3, 0.4) is 0 Å². The minimum atomic E-state index is -0.236. The van der Waals surface area contributed by atoms with Gasteiger partial charge in [0.05, 0.1) is 19.3 Å². The standard InChI is InChI=1S/C17H21ClN4O4/c1-11-8-15(21-26-11)20-16(23)6-7-22(2)10-17(24)19-13-9-12(18)4-5-14(13)25-3/h4-5,8-9H,6-7,10H2,1-3H3,(H,19,24)(H,20,21,23). The Morgan fingerprint density at radius 3 is 2.69 bits per heavy atom. The molecule has 0 aliphatic rings. The van der Waals surface area contributed by atoms with Crippen molar-refractivity contribution >= 4 is 34.9 Å². The molecule has 0 fully saturated rings. The van der Waals surface area contributed by atoms with E-state index in [1.165, 1.54) is 7.11 Å². The predicted molar refractivity (Wildman–Crippen MR) is 98.6 cm³/mol. The first kappa shape index (κ1) is 19.7. The Labute approximate surface area is 156 Å². The van der Waals surface area contributed by atoms with Crippen LogP contribution in [0.15, 0.2) is 28.8 Å². The third kappa shape index (κ3) is 6.05. The molecule has 0 unspecified atom stereocenters. The molecule has 0 spiro atoms. The van der Waals surface area contributed by atoms with Gasteiger partial charge in [0, 0.05) is 24.1 Å². The highest BCUT2D eigenvalue weighted by Crippen LogP contribution is 2.27. The van der Waals surface area contributed by atoms with Crippen LogP contribution in [-0.2, 0) is 9.59 Å². The lowest BCUT2D eigenvalue weighted by Gasteiger charge is -2.16. The molecule has 0 atom stereocenters. The zero-order valence-electron chi connectivity index (χ0n) is 14.8. The average Bonchev–Trinajstić information content (AvgIpc) is 2.98. The van der Waals surface area contributed by atoms with Crippen molar-refractivity contribution in [3.05, 3.63) is 35.0 Å². The summed E-state index contributed by atoms with van der Waals surface area (Å²) in [5.41, 5.74) is 0.498. The second kappa shape index (κ2) is 9.21. The van der Waals surface area contributed by atoms with Gasteiger partial charge in [-0.3, -0.25) is 14.5 Å². The third-order valence-corrected chi connectivity index (χ3v) is 3.70. The summed E-state index contributed by atoms with van der Waals surface area (Å²) in [5, 5.41) is 9.57. The van der Waals surface area contributed by atoms with Crippen molar-refractivity contribution in [2.75, 3.05) is 37.9 Å². The van der Waals surface area contributed by atoms with E-state index in [9.17, 15) is 9.59 Å². The Balaban J connectivity index is 1.78. The predicted octanol–water partition coefficient (Wildman–Crippen LogP) is 2.54. The number of carbonyl (C=O) groups is 2. The minimum Gasteiger partial charge on any atom is -0.495 e. The summed E-state index contributed by atoms with van der Waals surface area (Å²) in [6.07, 6.45) is 0.218. The average molecular weight is 381 g/mol. The van der Waals surface area contributed by atoms with Gasteiger partial charge in [0.25, 0.3) is 0 Å². The van der Waals surface area contributed by atoms with Gasteiger partial charge in [0.2, 0.25) is 11.8 Å². The maximum atomic E-state index is 12.2. The molecule has 2 rings (SSSR count). The number of benzene rings is 1. The zero-order valence-corrected chi connectivity index (χ0v) is 15.6. The summed E-state index contributed by atoms with van der Waals surface area (Å²) in [4.78, 5) is 25.8. The van der Waals surface area contributed by atoms with Crippen LogP contribution in [0, 0.1) is 6.92 Å². The van der Waals surface area contributed by atoms with E-state index in [0.717, 1.165) is 0 Å². The van der Waals surface area contributed by atoms with Gasteiger partial charge in [-0.25, -0.2) is 0 Å². The number of ether oxygens (including phenoxy) is 1. The number of amides is 2. The molecule has 1 aromatic carbocycles. The number of hydrogen-bond donors (Lipinski definition) is 2. The number of aryl methyl sites for hydroxylation is 1. The Morgan fingerprint density at radius 2 is 2.04 bits per heavy atom. The van der Waals surface area contributed by atoms with Crippen LogP contribution in [0.25, 0.3) is 0 Å². The van der Waals surface area contributed by atoms with Crippen molar-refractivity contribution in [2.24, 2.45) is 0 Å². The molecule has 2 amide bonds. The van der Waals surface area contributed by atoms with E-state index < -0.39 is 0 Å². The fraction of sp³-hybridized carbons (Fsp3) is 0.353. The number of methoxy groups -OCH3 is 1. The molecule has 140 valence electrons. The van der Waals surface area contributed by atoms with E-state index in [0.29, 0.717) is 34.6 Å². The highest BCUT2D eigenvalue weighted by atomic mass is 35.5. The molecule has 0 bridgehead atoms. The normalized spacial score (nSPS) is 10.7. The summed E-state index contributed by atoms with van der Waals surface area (Å²) in [5.74, 6) is 1.07. The van der Waals surface area contributed by atoms with E-state index in [1.807, 2.05) is 0 Å². The number of nitrogens with zero attached hydrogens (tertiary/aromatic N) is 2. The minimum absolute atomic E-state index is 0.117. The zero-order chi connectivity index (χ0) is 19.1. The Morgan fingerprint density at radius 1 is 1.27 bits per heavy atom. The van der Waals surface area contributed by atoms with Crippen molar-refractivity contribution in [1.82, 2.24) is 10.1 Å². The molecule has 0 saturated heterocycles. The van der Waals surface area contributed by atoms with E-state index in [4.69, 9.17) is 20.9 Å². The fourth-order valence-corrected chi connectivity index (χ4v) is 2.39. The number of carbonyl (C=O) groups excluding carboxylic acids is 2. The quantitative estimate of drug-likeness (QED) is 0.730. The van der Waals surface area contributed by atoms with E-state index >= 15 is 0 Å². The highest BCUT2D eigenvalue weighted by molar-refractivity contribution is 6.31. The molecule has 0 radical (unpaired) electrons. The monoisotopic (exact) mass is 380 g/mol. The Hall–Kier alpha value is -2.58. The molecule has 26 heavy (non-hydrogen) atoms. The number of likely N-dealkylation sites (N-methyl/N-ethyl adjacent to an activating group) is 1. The van der Waals surface area contributed by atoms with Crippen LogP contribution in [0.2, 0.25) is 5.02 Å². The van der Waals surface area contributed by atoms with Crippen LogP contribution in [-0.4, -0.2) is 49.1 Å².